The molecule has 0 radical (unpaired) electrons. The lowest BCUT2D eigenvalue weighted by atomic mass is 9.97. The molecule has 18 heavy (non-hydrogen) atoms. The summed E-state index contributed by atoms with van der Waals surface area (Å²) in [5.41, 5.74) is 2.95. The third-order valence-electron chi connectivity index (χ3n) is 4.77. The highest BCUT2D eigenvalue weighted by Gasteiger charge is 2.58. The molecule has 1 aromatic heterocycles. The zero-order valence-electron chi connectivity index (χ0n) is 11.1. The summed E-state index contributed by atoms with van der Waals surface area (Å²) in [7, 11) is 0. The molecule has 96 valence electrons. The Morgan fingerprint density at radius 2 is 2.17 bits per heavy atom. The van der Waals surface area contributed by atoms with Gasteiger partial charge < -0.3 is 4.90 Å². The van der Waals surface area contributed by atoms with Crippen molar-refractivity contribution >= 4 is 5.69 Å². The number of aromatic nitrogens is 1. The first-order valence-electron chi connectivity index (χ1n) is 7.21. The van der Waals surface area contributed by atoms with Crippen LogP contribution in [0.3, 0.4) is 0 Å². The van der Waals surface area contributed by atoms with Crippen molar-refractivity contribution in [2.45, 2.75) is 44.2 Å². The van der Waals surface area contributed by atoms with Crippen molar-refractivity contribution in [1.82, 2.24) is 9.88 Å². The zero-order chi connectivity index (χ0) is 12.2. The van der Waals surface area contributed by atoms with Crippen LogP contribution >= 0.6 is 0 Å². The lowest BCUT2D eigenvalue weighted by Crippen LogP contribution is -2.43. The molecule has 2 atom stereocenters. The van der Waals surface area contributed by atoms with E-state index in [-0.39, 0.29) is 0 Å². The minimum atomic E-state index is 0.532. The molecular weight excluding hydrogens is 222 g/mol. The average molecular weight is 243 g/mol. The summed E-state index contributed by atoms with van der Waals surface area (Å²) in [4.78, 5) is 9.72. The summed E-state index contributed by atoms with van der Waals surface area (Å²) in [6.45, 7) is 5.81. The van der Waals surface area contributed by atoms with Crippen LogP contribution in [0, 0.1) is 6.92 Å². The Morgan fingerprint density at radius 3 is 2.89 bits per heavy atom. The summed E-state index contributed by atoms with van der Waals surface area (Å²) in [5, 5.41) is 0. The second kappa shape index (κ2) is 3.70. The Kier molecular flexibility index (Phi) is 2.22. The van der Waals surface area contributed by atoms with Gasteiger partial charge in [0.2, 0.25) is 0 Å². The van der Waals surface area contributed by atoms with Gasteiger partial charge in [-0.15, -0.1) is 0 Å². The minimum Gasteiger partial charge on any atom is -0.368 e. The molecule has 1 saturated carbocycles. The van der Waals surface area contributed by atoms with E-state index in [1.54, 1.807) is 0 Å². The van der Waals surface area contributed by atoms with E-state index < -0.39 is 0 Å². The molecule has 2 aliphatic heterocycles. The fourth-order valence-electron chi connectivity index (χ4n) is 3.53. The number of aryl methyl sites for hydroxylation is 1. The maximum atomic E-state index is 4.43. The van der Waals surface area contributed by atoms with Crippen molar-refractivity contribution < 1.29 is 0 Å². The van der Waals surface area contributed by atoms with Gasteiger partial charge in [-0.2, -0.15) is 0 Å². The van der Waals surface area contributed by atoms with E-state index in [0.29, 0.717) is 5.54 Å². The number of piperidine rings is 1. The van der Waals surface area contributed by atoms with Gasteiger partial charge in [0.1, 0.15) is 0 Å². The molecule has 4 rings (SSSR count). The van der Waals surface area contributed by atoms with Crippen LogP contribution in [-0.2, 0) is 0 Å². The van der Waals surface area contributed by atoms with Gasteiger partial charge in [0.25, 0.3) is 0 Å². The highest BCUT2D eigenvalue weighted by Crippen LogP contribution is 2.48. The predicted molar refractivity (Wildman–Crippen MR) is 72.9 cm³/mol. The van der Waals surface area contributed by atoms with Crippen LogP contribution in [0.1, 0.15) is 31.4 Å². The van der Waals surface area contributed by atoms with Crippen molar-refractivity contribution in [3.63, 3.8) is 0 Å². The quantitative estimate of drug-likeness (QED) is 0.742. The molecule has 3 heterocycles. The first-order chi connectivity index (χ1) is 8.77. The Balaban J connectivity index is 1.51. The molecular formula is C15H21N3. The second-order valence-corrected chi connectivity index (χ2v) is 6.27. The minimum absolute atomic E-state index is 0.532. The molecule has 3 fully saturated rings. The van der Waals surface area contributed by atoms with E-state index in [0.717, 1.165) is 11.7 Å². The van der Waals surface area contributed by atoms with E-state index >= 15 is 0 Å². The zero-order valence-corrected chi connectivity index (χ0v) is 11.1. The van der Waals surface area contributed by atoms with Gasteiger partial charge in [0, 0.05) is 31.4 Å². The lowest BCUT2D eigenvalue weighted by molar-refractivity contribution is 0.343. The molecule has 0 aromatic carbocycles. The van der Waals surface area contributed by atoms with Crippen LogP contribution in [0.25, 0.3) is 0 Å². The number of nitrogens with zero attached hydrogens (tertiary/aromatic N) is 3. The highest BCUT2D eigenvalue weighted by molar-refractivity contribution is 5.46. The van der Waals surface area contributed by atoms with E-state index in [1.807, 2.05) is 6.20 Å². The fraction of sp³-hybridized carbons (Fsp3) is 0.667. The third kappa shape index (κ3) is 1.72. The standard InChI is InChI=1S/C15H21N3/c1-12-3-4-14(9-16-12)17-8-2-7-15(10-17)11-18(15)13-5-6-13/h3-4,9,13H,2,5-8,10-11H2,1H3. The van der Waals surface area contributed by atoms with E-state index in [2.05, 4.69) is 33.8 Å². The number of rotatable bonds is 2. The van der Waals surface area contributed by atoms with Crippen molar-refractivity contribution in [2.24, 2.45) is 0 Å². The molecule has 1 aliphatic carbocycles. The number of hydrogen-bond acceptors (Lipinski definition) is 3. The topological polar surface area (TPSA) is 19.1 Å². The monoisotopic (exact) mass is 243 g/mol. The Hall–Kier alpha value is -1.09. The molecule has 0 bridgehead atoms. The first kappa shape index (κ1) is 10.8. The van der Waals surface area contributed by atoms with Gasteiger partial charge in [-0.3, -0.25) is 9.88 Å². The Bertz CT molecular complexity index is 451. The van der Waals surface area contributed by atoms with Gasteiger partial charge in [0.15, 0.2) is 0 Å². The summed E-state index contributed by atoms with van der Waals surface area (Å²) >= 11 is 0. The van der Waals surface area contributed by atoms with Crippen LogP contribution in [0.2, 0.25) is 0 Å². The van der Waals surface area contributed by atoms with Crippen LogP contribution in [-0.4, -0.2) is 41.1 Å². The summed E-state index contributed by atoms with van der Waals surface area (Å²) in [6, 6.07) is 5.29. The molecule has 3 heteroatoms. The predicted octanol–water partition coefficient (Wildman–Crippen LogP) is 2.21. The first-order valence-corrected chi connectivity index (χ1v) is 7.21. The maximum absolute atomic E-state index is 4.43. The van der Waals surface area contributed by atoms with Gasteiger partial charge in [-0.1, -0.05) is 0 Å². The van der Waals surface area contributed by atoms with Gasteiger partial charge in [-0.25, -0.2) is 0 Å². The molecule has 0 N–H and O–H groups in total. The third-order valence-corrected chi connectivity index (χ3v) is 4.77. The molecule has 1 aromatic rings. The summed E-state index contributed by atoms with van der Waals surface area (Å²) in [5.74, 6) is 0. The number of pyridine rings is 1. The van der Waals surface area contributed by atoms with Crippen molar-refractivity contribution in [1.29, 1.82) is 0 Å². The normalized spacial score (nSPS) is 34.9. The van der Waals surface area contributed by atoms with Gasteiger partial charge in [0.05, 0.1) is 17.4 Å². The van der Waals surface area contributed by atoms with E-state index in [9.17, 15) is 0 Å². The number of anilines is 1. The summed E-state index contributed by atoms with van der Waals surface area (Å²) < 4.78 is 0. The Morgan fingerprint density at radius 1 is 1.28 bits per heavy atom. The molecule has 1 spiro atoms. The molecule has 2 unspecified atom stereocenters. The van der Waals surface area contributed by atoms with Crippen LogP contribution in [0.15, 0.2) is 18.3 Å². The van der Waals surface area contributed by atoms with Crippen molar-refractivity contribution in [3.05, 3.63) is 24.0 Å². The second-order valence-electron chi connectivity index (χ2n) is 6.27. The average Bonchev–Trinajstić information content (AvgIpc) is 3.27. The van der Waals surface area contributed by atoms with Crippen LogP contribution < -0.4 is 4.90 Å². The van der Waals surface area contributed by atoms with E-state index in [4.69, 9.17) is 0 Å². The molecule has 3 aliphatic rings. The van der Waals surface area contributed by atoms with Crippen molar-refractivity contribution in [3.8, 4) is 0 Å². The van der Waals surface area contributed by atoms with Gasteiger partial charge >= 0.3 is 0 Å². The molecule has 0 amide bonds. The Labute approximate surface area is 109 Å². The van der Waals surface area contributed by atoms with E-state index in [1.165, 1.54) is 51.0 Å². The lowest BCUT2D eigenvalue weighted by Gasteiger charge is -2.35. The van der Waals surface area contributed by atoms with Gasteiger partial charge in [-0.05, 0) is 44.7 Å². The highest BCUT2D eigenvalue weighted by atomic mass is 15.4. The van der Waals surface area contributed by atoms with Crippen LogP contribution in [0.4, 0.5) is 5.69 Å². The fourth-order valence-corrected chi connectivity index (χ4v) is 3.53. The number of hydrogen-bond donors (Lipinski definition) is 0. The SMILES string of the molecule is Cc1ccc(N2CCCC3(C2)CN3C2CC2)cn1. The smallest absolute Gasteiger partial charge is 0.0553 e. The molecule has 3 nitrogen and oxygen atoms in total. The largest absolute Gasteiger partial charge is 0.368 e. The maximum Gasteiger partial charge on any atom is 0.0553 e. The molecule has 2 saturated heterocycles. The van der Waals surface area contributed by atoms with Crippen molar-refractivity contribution in [2.75, 3.05) is 24.5 Å². The summed E-state index contributed by atoms with van der Waals surface area (Å²) in [6.07, 6.45) is 7.65. The van der Waals surface area contributed by atoms with Crippen LogP contribution in [0.5, 0.6) is 0 Å².